The zero-order valence-corrected chi connectivity index (χ0v) is 14.9. The van der Waals surface area contributed by atoms with Crippen molar-refractivity contribution < 1.29 is 4.74 Å². The summed E-state index contributed by atoms with van der Waals surface area (Å²) in [6, 6.07) is 13.8. The van der Waals surface area contributed by atoms with Crippen molar-refractivity contribution in [1.29, 1.82) is 0 Å². The molecule has 2 nitrogen and oxygen atoms in total. The molecule has 2 aromatic carbocycles. The Morgan fingerprint density at radius 3 is 2.38 bits per heavy atom. The SMILES string of the molecule is CC1=CC(c2cccc(C)c2Oc2ccc(N)cc2)=CC(C)(C)C1. The van der Waals surface area contributed by atoms with Crippen molar-refractivity contribution in [3.8, 4) is 11.5 Å². The van der Waals surface area contributed by atoms with Crippen molar-refractivity contribution in [1.82, 2.24) is 0 Å². The number of hydrogen-bond acceptors (Lipinski definition) is 2. The van der Waals surface area contributed by atoms with Gasteiger partial charge in [0.05, 0.1) is 0 Å². The predicted octanol–water partition coefficient (Wildman–Crippen LogP) is 6.13. The van der Waals surface area contributed by atoms with Crippen LogP contribution in [0.5, 0.6) is 11.5 Å². The van der Waals surface area contributed by atoms with Gasteiger partial charge in [-0.15, -0.1) is 0 Å². The van der Waals surface area contributed by atoms with E-state index in [1.165, 1.54) is 11.1 Å². The second kappa shape index (κ2) is 6.20. The smallest absolute Gasteiger partial charge is 0.138 e. The maximum Gasteiger partial charge on any atom is 0.138 e. The second-order valence-corrected chi connectivity index (χ2v) is 7.38. The minimum absolute atomic E-state index is 0.163. The van der Waals surface area contributed by atoms with Crippen LogP contribution in [-0.4, -0.2) is 0 Å². The molecule has 0 unspecified atom stereocenters. The standard InChI is InChI=1S/C22H25NO/c1-15-12-17(14-22(3,4)13-15)20-7-5-6-16(2)21(20)24-19-10-8-18(23)9-11-19/h5-12,14H,13,23H2,1-4H3. The summed E-state index contributed by atoms with van der Waals surface area (Å²) in [6.45, 7) is 8.84. The van der Waals surface area contributed by atoms with Gasteiger partial charge in [-0.25, -0.2) is 0 Å². The lowest BCUT2D eigenvalue weighted by molar-refractivity contribution is 0.468. The van der Waals surface area contributed by atoms with Gasteiger partial charge in [-0.3, -0.25) is 0 Å². The molecule has 0 spiro atoms. The van der Waals surface area contributed by atoms with E-state index in [1.807, 2.05) is 24.3 Å². The molecule has 0 amide bonds. The maximum atomic E-state index is 6.23. The van der Waals surface area contributed by atoms with Gasteiger partial charge in [0.15, 0.2) is 0 Å². The Morgan fingerprint density at radius 1 is 1.00 bits per heavy atom. The molecule has 0 atom stereocenters. The monoisotopic (exact) mass is 319 g/mol. The number of allylic oxidation sites excluding steroid dienone is 4. The first-order chi connectivity index (χ1) is 11.3. The molecule has 2 aromatic rings. The van der Waals surface area contributed by atoms with Crippen LogP contribution in [0.15, 0.2) is 60.2 Å². The van der Waals surface area contributed by atoms with Gasteiger partial charge in [0.25, 0.3) is 0 Å². The van der Waals surface area contributed by atoms with E-state index < -0.39 is 0 Å². The first kappa shape index (κ1) is 16.4. The molecule has 1 aliphatic rings. The van der Waals surface area contributed by atoms with Crippen LogP contribution in [0, 0.1) is 12.3 Å². The van der Waals surface area contributed by atoms with Crippen LogP contribution in [0.1, 0.15) is 38.3 Å². The van der Waals surface area contributed by atoms with Crippen LogP contribution in [0.4, 0.5) is 5.69 Å². The van der Waals surface area contributed by atoms with Crippen molar-refractivity contribution in [2.24, 2.45) is 5.41 Å². The normalized spacial score (nSPS) is 16.3. The molecule has 0 heterocycles. The second-order valence-electron chi connectivity index (χ2n) is 7.38. The fourth-order valence-electron chi connectivity index (χ4n) is 3.37. The number of aryl methyl sites for hydroxylation is 1. The summed E-state index contributed by atoms with van der Waals surface area (Å²) in [5, 5.41) is 0. The molecule has 124 valence electrons. The van der Waals surface area contributed by atoms with Crippen LogP contribution in [0.3, 0.4) is 0 Å². The molecule has 2 heteroatoms. The molecule has 24 heavy (non-hydrogen) atoms. The van der Waals surface area contributed by atoms with E-state index in [0.717, 1.165) is 34.7 Å². The van der Waals surface area contributed by atoms with Crippen LogP contribution in [0.25, 0.3) is 5.57 Å². The topological polar surface area (TPSA) is 35.2 Å². The summed E-state index contributed by atoms with van der Waals surface area (Å²) in [4.78, 5) is 0. The van der Waals surface area contributed by atoms with Crippen molar-refractivity contribution in [3.05, 3.63) is 71.3 Å². The lowest BCUT2D eigenvalue weighted by atomic mass is 9.78. The first-order valence-electron chi connectivity index (χ1n) is 8.37. The molecule has 0 bridgehead atoms. The summed E-state index contributed by atoms with van der Waals surface area (Å²) >= 11 is 0. The summed E-state index contributed by atoms with van der Waals surface area (Å²) < 4.78 is 6.23. The Labute approximate surface area is 144 Å². The van der Waals surface area contributed by atoms with Crippen molar-refractivity contribution >= 4 is 11.3 Å². The molecule has 0 fully saturated rings. The fourth-order valence-corrected chi connectivity index (χ4v) is 3.37. The molecule has 2 N–H and O–H groups in total. The van der Waals surface area contributed by atoms with E-state index in [1.54, 1.807) is 0 Å². The Bertz CT molecular complexity index is 810. The van der Waals surface area contributed by atoms with E-state index in [4.69, 9.17) is 10.5 Å². The third-order valence-electron chi connectivity index (χ3n) is 4.31. The number of para-hydroxylation sites is 1. The number of benzene rings is 2. The van der Waals surface area contributed by atoms with Gasteiger partial charge >= 0.3 is 0 Å². The van der Waals surface area contributed by atoms with Gasteiger partial charge in [0.1, 0.15) is 11.5 Å². The quantitative estimate of drug-likeness (QED) is 0.691. The highest BCUT2D eigenvalue weighted by Gasteiger charge is 2.22. The lowest BCUT2D eigenvalue weighted by Gasteiger charge is -2.27. The predicted molar refractivity (Wildman–Crippen MR) is 102 cm³/mol. The lowest BCUT2D eigenvalue weighted by Crippen LogP contribution is -2.12. The average molecular weight is 319 g/mol. The fraction of sp³-hybridized carbons (Fsp3) is 0.273. The van der Waals surface area contributed by atoms with Crippen LogP contribution < -0.4 is 10.5 Å². The largest absolute Gasteiger partial charge is 0.456 e. The molecule has 0 saturated carbocycles. The van der Waals surface area contributed by atoms with Crippen LogP contribution in [0.2, 0.25) is 0 Å². The van der Waals surface area contributed by atoms with E-state index in [9.17, 15) is 0 Å². The molecule has 0 aliphatic heterocycles. The minimum Gasteiger partial charge on any atom is -0.456 e. The average Bonchev–Trinajstić information content (AvgIpc) is 2.49. The molecular formula is C22H25NO. The van der Waals surface area contributed by atoms with Gasteiger partial charge in [-0.1, -0.05) is 49.8 Å². The Balaban J connectivity index is 2.05. The van der Waals surface area contributed by atoms with Crippen molar-refractivity contribution in [3.63, 3.8) is 0 Å². The Hall–Kier alpha value is -2.48. The molecule has 3 rings (SSSR count). The summed E-state index contributed by atoms with van der Waals surface area (Å²) in [5.74, 6) is 1.71. The zero-order valence-electron chi connectivity index (χ0n) is 14.9. The highest BCUT2D eigenvalue weighted by atomic mass is 16.5. The maximum absolute atomic E-state index is 6.23. The van der Waals surface area contributed by atoms with Gasteiger partial charge in [0, 0.05) is 11.3 Å². The highest BCUT2D eigenvalue weighted by Crippen LogP contribution is 2.41. The van der Waals surface area contributed by atoms with E-state index in [0.29, 0.717) is 0 Å². The van der Waals surface area contributed by atoms with E-state index in [2.05, 4.69) is 58.0 Å². The Morgan fingerprint density at radius 2 is 1.71 bits per heavy atom. The van der Waals surface area contributed by atoms with Gasteiger partial charge in [-0.2, -0.15) is 0 Å². The van der Waals surface area contributed by atoms with E-state index >= 15 is 0 Å². The number of rotatable bonds is 3. The molecular weight excluding hydrogens is 294 g/mol. The summed E-state index contributed by atoms with van der Waals surface area (Å²) in [5.41, 5.74) is 11.6. The van der Waals surface area contributed by atoms with Gasteiger partial charge in [0.2, 0.25) is 0 Å². The molecule has 1 aliphatic carbocycles. The molecule has 0 saturated heterocycles. The zero-order chi connectivity index (χ0) is 17.3. The number of hydrogen-bond donors (Lipinski definition) is 1. The summed E-state index contributed by atoms with van der Waals surface area (Å²) in [6.07, 6.45) is 5.72. The number of nitrogen functional groups attached to an aromatic ring is 1. The molecule has 0 aromatic heterocycles. The number of ether oxygens (including phenoxy) is 1. The molecule has 0 radical (unpaired) electrons. The number of anilines is 1. The van der Waals surface area contributed by atoms with Crippen molar-refractivity contribution in [2.45, 2.75) is 34.1 Å². The highest BCUT2D eigenvalue weighted by molar-refractivity contribution is 5.80. The Kier molecular flexibility index (Phi) is 4.23. The summed E-state index contributed by atoms with van der Waals surface area (Å²) in [7, 11) is 0. The van der Waals surface area contributed by atoms with Crippen molar-refractivity contribution in [2.75, 3.05) is 5.73 Å². The van der Waals surface area contributed by atoms with Gasteiger partial charge in [-0.05, 0) is 61.1 Å². The first-order valence-corrected chi connectivity index (χ1v) is 8.37. The minimum atomic E-state index is 0.163. The van der Waals surface area contributed by atoms with E-state index in [-0.39, 0.29) is 5.41 Å². The third-order valence-corrected chi connectivity index (χ3v) is 4.31. The van der Waals surface area contributed by atoms with Gasteiger partial charge < -0.3 is 10.5 Å². The number of nitrogens with two attached hydrogens (primary N) is 1. The third kappa shape index (κ3) is 3.53. The van der Waals surface area contributed by atoms with Crippen LogP contribution in [-0.2, 0) is 0 Å². The van der Waals surface area contributed by atoms with Crippen LogP contribution >= 0.6 is 0 Å².